The van der Waals surface area contributed by atoms with Gasteiger partial charge in [0, 0.05) is 27.8 Å². The lowest BCUT2D eigenvalue weighted by atomic mass is 10.1. The van der Waals surface area contributed by atoms with Crippen molar-refractivity contribution in [3.63, 3.8) is 0 Å². The standard InChI is InChI=1S/C21H34O3/c1-22-21(23-2,24-3)19-15-10-8-6-4-5-7-9-12-16-20-17-13-11-14-18-20/h11-14,16-18H,4-10,15,19H2,1-3H3. The molecule has 0 N–H and O–H groups in total. The summed E-state index contributed by atoms with van der Waals surface area (Å²) in [6.07, 6.45) is 15.2. The second-order valence-electron chi connectivity index (χ2n) is 6.12. The fourth-order valence-corrected chi connectivity index (χ4v) is 2.83. The van der Waals surface area contributed by atoms with E-state index < -0.39 is 5.97 Å². The molecule has 136 valence electrons. The van der Waals surface area contributed by atoms with Crippen LogP contribution in [0, 0.1) is 0 Å². The van der Waals surface area contributed by atoms with Crippen molar-refractivity contribution in [2.45, 2.75) is 63.8 Å². The maximum absolute atomic E-state index is 5.30. The lowest BCUT2D eigenvalue weighted by Crippen LogP contribution is -2.35. The Balaban J connectivity index is 1.95. The fraction of sp³-hybridized carbons (Fsp3) is 0.619. The summed E-state index contributed by atoms with van der Waals surface area (Å²) in [6.45, 7) is 0. The van der Waals surface area contributed by atoms with Crippen molar-refractivity contribution in [2.24, 2.45) is 0 Å². The lowest BCUT2D eigenvalue weighted by Gasteiger charge is -2.28. The Labute approximate surface area is 148 Å². The van der Waals surface area contributed by atoms with E-state index in [0.29, 0.717) is 0 Å². The predicted molar refractivity (Wildman–Crippen MR) is 101 cm³/mol. The maximum Gasteiger partial charge on any atom is 0.282 e. The van der Waals surface area contributed by atoms with Crippen molar-refractivity contribution in [1.82, 2.24) is 0 Å². The van der Waals surface area contributed by atoms with Gasteiger partial charge in [-0.1, -0.05) is 74.6 Å². The van der Waals surface area contributed by atoms with Crippen LogP contribution in [0.5, 0.6) is 0 Å². The van der Waals surface area contributed by atoms with Gasteiger partial charge in [0.15, 0.2) is 0 Å². The molecule has 1 aromatic rings. The SMILES string of the molecule is COC(CCCCCCCCCC=Cc1ccccc1)(OC)OC. The maximum atomic E-state index is 5.30. The van der Waals surface area contributed by atoms with Crippen LogP contribution in [-0.4, -0.2) is 27.3 Å². The summed E-state index contributed by atoms with van der Waals surface area (Å²) in [7, 11) is 4.87. The van der Waals surface area contributed by atoms with Crippen LogP contribution in [0.3, 0.4) is 0 Å². The number of unbranched alkanes of at least 4 members (excludes halogenated alkanes) is 7. The second-order valence-corrected chi connectivity index (χ2v) is 6.12. The van der Waals surface area contributed by atoms with Gasteiger partial charge in [-0.3, -0.25) is 0 Å². The van der Waals surface area contributed by atoms with Crippen molar-refractivity contribution in [1.29, 1.82) is 0 Å². The van der Waals surface area contributed by atoms with Crippen LogP contribution in [-0.2, 0) is 14.2 Å². The largest absolute Gasteiger partial charge is 0.331 e. The topological polar surface area (TPSA) is 27.7 Å². The molecule has 3 heteroatoms. The molecule has 1 aromatic carbocycles. The van der Waals surface area contributed by atoms with Crippen LogP contribution >= 0.6 is 0 Å². The van der Waals surface area contributed by atoms with E-state index in [2.05, 4.69) is 42.5 Å². The highest BCUT2D eigenvalue weighted by molar-refractivity contribution is 5.48. The van der Waals surface area contributed by atoms with E-state index in [9.17, 15) is 0 Å². The molecule has 0 unspecified atom stereocenters. The van der Waals surface area contributed by atoms with Gasteiger partial charge in [0.1, 0.15) is 0 Å². The Morgan fingerprint density at radius 1 is 0.750 bits per heavy atom. The van der Waals surface area contributed by atoms with Crippen LogP contribution in [0.25, 0.3) is 6.08 Å². The van der Waals surface area contributed by atoms with Gasteiger partial charge in [-0.15, -0.1) is 0 Å². The first kappa shape index (κ1) is 20.9. The second kappa shape index (κ2) is 13.2. The molecule has 0 saturated heterocycles. The molecule has 0 atom stereocenters. The Morgan fingerprint density at radius 2 is 1.29 bits per heavy atom. The van der Waals surface area contributed by atoms with Crippen LogP contribution in [0.1, 0.15) is 63.4 Å². The molecule has 0 radical (unpaired) electrons. The molecule has 0 aromatic heterocycles. The zero-order chi connectivity index (χ0) is 17.5. The third-order valence-corrected chi connectivity index (χ3v) is 4.40. The van der Waals surface area contributed by atoms with Gasteiger partial charge in [-0.2, -0.15) is 0 Å². The number of allylic oxidation sites excluding steroid dienone is 1. The van der Waals surface area contributed by atoms with Crippen molar-refractivity contribution in [2.75, 3.05) is 21.3 Å². The normalized spacial score (nSPS) is 12.1. The van der Waals surface area contributed by atoms with Gasteiger partial charge in [0.25, 0.3) is 5.97 Å². The van der Waals surface area contributed by atoms with Crippen molar-refractivity contribution in [3.8, 4) is 0 Å². The zero-order valence-electron chi connectivity index (χ0n) is 15.6. The molecule has 0 amide bonds. The fourth-order valence-electron chi connectivity index (χ4n) is 2.83. The number of methoxy groups -OCH3 is 3. The summed E-state index contributed by atoms with van der Waals surface area (Å²) in [5.74, 6) is -0.856. The Kier molecular flexibility index (Phi) is 11.5. The van der Waals surface area contributed by atoms with Crippen LogP contribution in [0.4, 0.5) is 0 Å². The summed E-state index contributed by atoms with van der Waals surface area (Å²) < 4.78 is 15.9. The van der Waals surface area contributed by atoms with Gasteiger partial charge < -0.3 is 14.2 Å². The minimum Gasteiger partial charge on any atom is -0.331 e. The van der Waals surface area contributed by atoms with E-state index in [-0.39, 0.29) is 0 Å². The number of rotatable bonds is 14. The summed E-state index contributed by atoms with van der Waals surface area (Å²) in [5, 5.41) is 0. The summed E-state index contributed by atoms with van der Waals surface area (Å²) >= 11 is 0. The average Bonchev–Trinajstić information content (AvgIpc) is 2.64. The number of hydrogen-bond acceptors (Lipinski definition) is 3. The van der Waals surface area contributed by atoms with Gasteiger partial charge >= 0.3 is 0 Å². The first-order valence-electron chi connectivity index (χ1n) is 9.13. The van der Waals surface area contributed by atoms with Crippen LogP contribution in [0.2, 0.25) is 0 Å². The van der Waals surface area contributed by atoms with Crippen LogP contribution in [0.15, 0.2) is 36.4 Å². The highest BCUT2D eigenvalue weighted by Crippen LogP contribution is 2.21. The van der Waals surface area contributed by atoms with E-state index in [1.54, 1.807) is 21.3 Å². The van der Waals surface area contributed by atoms with E-state index in [0.717, 1.165) is 12.8 Å². The average molecular weight is 335 g/mol. The van der Waals surface area contributed by atoms with E-state index in [4.69, 9.17) is 14.2 Å². The Bertz CT molecular complexity index is 416. The molecule has 0 spiro atoms. The molecule has 3 nitrogen and oxygen atoms in total. The van der Waals surface area contributed by atoms with Crippen molar-refractivity contribution in [3.05, 3.63) is 42.0 Å². The summed E-state index contributed by atoms with van der Waals surface area (Å²) in [4.78, 5) is 0. The van der Waals surface area contributed by atoms with E-state index >= 15 is 0 Å². The van der Waals surface area contributed by atoms with E-state index in [1.165, 1.54) is 50.5 Å². The molecule has 0 heterocycles. The first-order valence-corrected chi connectivity index (χ1v) is 9.13. The molecular formula is C21H34O3. The van der Waals surface area contributed by atoms with Crippen molar-refractivity contribution >= 4 is 6.08 Å². The number of ether oxygens (including phenoxy) is 3. The molecule has 0 saturated carbocycles. The summed E-state index contributed by atoms with van der Waals surface area (Å²) in [6, 6.07) is 10.5. The number of hydrogen-bond donors (Lipinski definition) is 0. The number of benzene rings is 1. The molecule has 0 aliphatic rings. The molecule has 24 heavy (non-hydrogen) atoms. The van der Waals surface area contributed by atoms with Gasteiger partial charge in [0.05, 0.1) is 0 Å². The Morgan fingerprint density at radius 3 is 1.88 bits per heavy atom. The molecule has 0 aliphatic carbocycles. The Hall–Kier alpha value is -1.16. The van der Waals surface area contributed by atoms with E-state index in [1.807, 2.05) is 0 Å². The quantitative estimate of drug-likeness (QED) is 0.318. The lowest BCUT2D eigenvalue weighted by molar-refractivity contribution is -0.355. The van der Waals surface area contributed by atoms with Crippen LogP contribution < -0.4 is 0 Å². The highest BCUT2D eigenvalue weighted by Gasteiger charge is 2.28. The zero-order valence-corrected chi connectivity index (χ0v) is 15.6. The molecule has 1 rings (SSSR count). The molecule has 0 bridgehead atoms. The van der Waals surface area contributed by atoms with Gasteiger partial charge in [-0.05, 0) is 24.8 Å². The monoisotopic (exact) mass is 334 g/mol. The van der Waals surface area contributed by atoms with Gasteiger partial charge in [-0.25, -0.2) is 0 Å². The minimum absolute atomic E-state index is 0.779. The molecular weight excluding hydrogens is 300 g/mol. The third-order valence-electron chi connectivity index (χ3n) is 4.40. The highest BCUT2D eigenvalue weighted by atomic mass is 16.9. The van der Waals surface area contributed by atoms with Gasteiger partial charge in [0.2, 0.25) is 0 Å². The third kappa shape index (κ3) is 8.62. The summed E-state index contributed by atoms with van der Waals surface area (Å²) in [5.41, 5.74) is 1.29. The molecule has 0 aliphatic heterocycles. The molecule has 0 fully saturated rings. The predicted octanol–water partition coefficient (Wildman–Crippen LogP) is 5.80. The smallest absolute Gasteiger partial charge is 0.282 e. The first-order chi connectivity index (χ1) is 11.8. The minimum atomic E-state index is -0.856. The van der Waals surface area contributed by atoms with Crippen molar-refractivity contribution < 1.29 is 14.2 Å².